The summed E-state index contributed by atoms with van der Waals surface area (Å²) in [5.41, 5.74) is 2.11. The molecule has 0 N–H and O–H groups in total. The number of halogens is 2. The van der Waals surface area contributed by atoms with Gasteiger partial charge >= 0.3 is 0 Å². The molecule has 0 aliphatic carbocycles. The van der Waals surface area contributed by atoms with Crippen LogP contribution in [0.1, 0.15) is 19.5 Å². The van der Waals surface area contributed by atoms with Crippen molar-refractivity contribution in [3.05, 3.63) is 40.1 Å². The fourth-order valence-corrected chi connectivity index (χ4v) is 3.51. The lowest BCUT2D eigenvalue weighted by Crippen LogP contribution is -2.12. The number of aryl methyl sites for hydroxylation is 1. The van der Waals surface area contributed by atoms with Gasteiger partial charge in [-0.1, -0.05) is 37.0 Å². The normalized spacial score (nSPS) is 10.3. The molecule has 1 aromatic carbocycles. The summed E-state index contributed by atoms with van der Waals surface area (Å²) in [6, 6.07) is 5.59. The van der Waals surface area contributed by atoms with Gasteiger partial charge in [0.1, 0.15) is 17.3 Å². The van der Waals surface area contributed by atoms with E-state index in [0.717, 1.165) is 22.3 Å². The van der Waals surface area contributed by atoms with Crippen molar-refractivity contribution in [3.63, 3.8) is 0 Å². The van der Waals surface area contributed by atoms with E-state index in [9.17, 15) is 0 Å². The maximum absolute atomic E-state index is 6.55. The molecule has 0 amide bonds. The standard InChI is InChI=1S/C19H19Cl2N3O2.C2H6/c1-10-6-12-11(9-22-10)7-13(23-19(12)24(2)3)16-17(20)14(25-4)8-15(26-5)18(16)21;1-2/h6-9H,1-5H3;1-2H3. The Hall–Kier alpha value is -2.24. The molecule has 28 heavy (non-hydrogen) atoms. The van der Waals surface area contributed by atoms with Gasteiger partial charge in [-0.2, -0.15) is 0 Å². The van der Waals surface area contributed by atoms with Gasteiger partial charge in [-0.25, -0.2) is 4.98 Å². The second kappa shape index (κ2) is 9.30. The summed E-state index contributed by atoms with van der Waals surface area (Å²) in [5, 5.41) is 2.72. The maximum Gasteiger partial charge on any atom is 0.141 e. The number of ether oxygens (including phenoxy) is 2. The van der Waals surface area contributed by atoms with Crippen molar-refractivity contribution in [2.24, 2.45) is 0 Å². The highest BCUT2D eigenvalue weighted by molar-refractivity contribution is 6.41. The Morgan fingerprint density at radius 1 is 0.929 bits per heavy atom. The second-order valence-electron chi connectivity index (χ2n) is 6.06. The molecule has 0 spiro atoms. The van der Waals surface area contributed by atoms with Gasteiger partial charge in [0.05, 0.1) is 30.0 Å². The minimum Gasteiger partial charge on any atom is -0.495 e. The predicted molar refractivity (Wildman–Crippen MR) is 119 cm³/mol. The van der Waals surface area contributed by atoms with Gasteiger partial charge in [-0.05, 0) is 19.1 Å². The van der Waals surface area contributed by atoms with Crippen molar-refractivity contribution in [3.8, 4) is 22.8 Å². The van der Waals surface area contributed by atoms with Crippen molar-refractivity contribution in [2.45, 2.75) is 20.8 Å². The summed E-state index contributed by atoms with van der Waals surface area (Å²) < 4.78 is 10.7. The van der Waals surface area contributed by atoms with Crippen LogP contribution in [0, 0.1) is 6.92 Å². The highest BCUT2D eigenvalue weighted by Gasteiger charge is 2.21. The van der Waals surface area contributed by atoms with Crippen molar-refractivity contribution in [1.29, 1.82) is 0 Å². The molecule has 0 aliphatic rings. The minimum atomic E-state index is 0.384. The quantitative estimate of drug-likeness (QED) is 0.515. The molecule has 0 saturated carbocycles. The maximum atomic E-state index is 6.55. The number of aromatic nitrogens is 2. The van der Waals surface area contributed by atoms with Gasteiger partial charge in [0.25, 0.3) is 0 Å². The summed E-state index contributed by atoms with van der Waals surface area (Å²) in [4.78, 5) is 11.1. The van der Waals surface area contributed by atoms with Crippen LogP contribution in [0.2, 0.25) is 10.0 Å². The molecule has 0 unspecified atom stereocenters. The molecule has 7 heteroatoms. The topological polar surface area (TPSA) is 47.5 Å². The molecule has 0 aliphatic heterocycles. The zero-order valence-corrected chi connectivity index (χ0v) is 18.7. The van der Waals surface area contributed by atoms with E-state index in [1.54, 1.807) is 20.3 Å². The van der Waals surface area contributed by atoms with Crippen molar-refractivity contribution in [2.75, 3.05) is 33.2 Å². The minimum absolute atomic E-state index is 0.384. The molecule has 3 aromatic rings. The summed E-state index contributed by atoms with van der Waals surface area (Å²) in [7, 11) is 6.97. The Kier molecular flexibility index (Phi) is 7.33. The Bertz CT molecular complexity index is 963. The van der Waals surface area contributed by atoms with Crippen LogP contribution in [0.3, 0.4) is 0 Å². The fourth-order valence-electron chi connectivity index (χ4n) is 2.81. The van der Waals surface area contributed by atoms with E-state index >= 15 is 0 Å². The lowest BCUT2D eigenvalue weighted by Gasteiger charge is -2.19. The molecule has 0 bridgehead atoms. The zero-order valence-electron chi connectivity index (χ0n) is 17.2. The molecule has 2 aromatic heterocycles. The number of hydrogen-bond donors (Lipinski definition) is 0. The SMILES string of the molecule is CC.COc1cc(OC)c(Cl)c(-c2cc3cnc(C)cc3c(N(C)C)n2)c1Cl. The number of hydrogen-bond acceptors (Lipinski definition) is 5. The van der Waals surface area contributed by atoms with E-state index in [4.69, 9.17) is 37.7 Å². The van der Waals surface area contributed by atoms with Crippen LogP contribution in [0.25, 0.3) is 22.0 Å². The van der Waals surface area contributed by atoms with E-state index in [1.165, 1.54) is 0 Å². The first-order valence-corrected chi connectivity index (χ1v) is 9.68. The summed E-state index contributed by atoms with van der Waals surface area (Å²) in [5.74, 6) is 1.74. The summed E-state index contributed by atoms with van der Waals surface area (Å²) in [6.45, 7) is 5.95. The van der Waals surface area contributed by atoms with Crippen molar-refractivity contribution in [1.82, 2.24) is 9.97 Å². The molecule has 0 radical (unpaired) electrons. The first-order chi connectivity index (χ1) is 13.4. The van der Waals surface area contributed by atoms with Gasteiger partial charge in [0.15, 0.2) is 0 Å². The zero-order chi connectivity index (χ0) is 21.0. The van der Waals surface area contributed by atoms with Crippen LogP contribution in [0.15, 0.2) is 24.4 Å². The average molecular weight is 422 g/mol. The average Bonchev–Trinajstić information content (AvgIpc) is 2.69. The number of benzene rings is 1. The molecule has 150 valence electrons. The molecular formula is C21H25Cl2N3O2. The molecule has 0 fully saturated rings. The van der Waals surface area contributed by atoms with Crippen LogP contribution in [0.5, 0.6) is 11.5 Å². The summed E-state index contributed by atoms with van der Waals surface area (Å²) >= 11 is 13.1. The number of methoxy groups -OCH3 is 2. The monoisotopic (exact) mass is 421 g/mol. The third-order valence-corrected chi connectivity index (χ3v) is 4.83. The first kappa shape index (κ1) is 22.1. The van der Waals surface area contributed by atoms with E-state index in [0.29, 0.717) is 32.8 Å². The Morgan fingerprint density at radius 2 is 1.50 bits per heavy atom. The summed E-state index contributed by atoms with van der Waals surface area (Å²) in [6.07, 6.45) is 1.82. The Labute approximate surface area is 176 Å². The van der Waals surface area contributed by atoms with Crippen LogP contribution in [0.4, 0.5) is 5.82 Å². The van der Waals surface area contributed by atoms with Gasteiger partial charge in [0.2, 0.25) is 0 Å². The predicted octanol–water partition coefficient (Wildman–Crippen LogP) is 6.02. The number of rotatable bonds is 4. The molecule has 2 heterocycles. The molecule has 0 atom stereocenters. The molecule has 0 saturated heterocycles. The van der Waals surface area contributed by atoms with Crippen molar-refractivity contribution < 1.29 is 9.47 Å². The highest BCUT2D eigenvalue weighted by atomic mass is 35.5. The van der Waals surface area contributed by atoms with E-state index in [1.807, 2.05) is 58.1 Å². The number of fused-ring (bicyclic) bond motifs is 1. The fraction of sp³-hybridized carbons (Fsp3) is 0.333. The number of anilines is 1. The largest absolute Gasteiger partial charge is 0.495 e. The van der Waals surface area contributed by atoms with Crippen molar-refractivity contribution >= 4 is 39.8 Å². The molecule has 3 rings (SSSR count). The second-order valence-corrected chi connectivity index (χ2v) is 6.81. The highest BCUT2D eigenvalue weighted by Crippen LogP contribution is 2.46. The number of nitrogens with zero attached hydrogens (tertiary/aromatic N) is 3. The molecule has 5 nitrogen and oxygen atoms in total. The van der Waals surface area contributed by atoms with Gasteiger partial charge in [0, 0.05) is 48.4 Å². The Balaban J connectivity index is 0.00000136. The lowest BCUT2D eigenvalue weighted by atomic mass is 10.1. The van der Waals surface area contributed by atoms with Gasteiger partial charge < -0.3 is 14.4 Å². The van der Waals surface area contributed by atoms with E-state index in [-0.39, 0.29) is 0 Å². The lowest BCUT2D eigenvalue weighted by molar-refractivity contribution is 0.395. The van der Waals surface area contributed by atoms with Crippen LogP contribution >= 0.6 is 23.2 Å². The smallest absolute Gasteiger partial charge is 0.141 e. The first-order valence-electron chi connectivity index (χ1n) is 8.92. The number of pyridine rings is 2. The third kappa shape index (κ3) is 4.10. The molecular weight excluding hydrogens is 397 g/mol. The van der Waals surface area contributed by atoms with E-state index in [2.05, 4.69) is 4.98 Å². The van der Waals surface area contributed by atoms with E-state index < -0.39 is 0 Å². The van der Waals surface area contributed by atoms with Crippen LogP contribution < -0.4 is 14.4 Å². The van der Waals surface area contributed by atoms with Gasteiger partial charge in [-0.15, -0.1) is 0 Å². The van der Waals surface area contributed by atoms with Crippen LogP contribution in [-0.4, -0.2) is 38.3 Å². The third-order valence-electron chi connectivity index (χ3n) is 4.08. The van der Waals surface area contributed by atoms with Crippen LogP contribution in [-0.2, 0) is 0 Å². The Morgan fingerprint density at radius 3 is 2.00 bits per heavy atom. The van der Waals surface area contributed by atoms with Gasteiger partial charge in [-0.3, -0.25) is 4.98 Å².